The van der Waals surface area contributed by atoms with Gasteiger partial charge in [-0.3, -0.25) is 0 Å². The Kier molecular flexibility index (Phi) is 3.87. The molecule has 0 saturated carbocycles. The summed E-state index contributed by atoms with van der Waals surface area (Å²) in [5.41, 5.74) is 7.32. The molecule has 1 aromatic rings. The standard InChI is InChI=1S/C12H15NO/c1-3-4-5-6-10-9-11(14-2)7-8-12(10)13/h7-9H,3-4,13H2,1-2H3. The number of anilines is 1. The van der Waals surface area contributed by atoms with E-state index in [1.165, 1.54) is 0 Å². The van der Waals surface area contributed by atoms with Crippen LogP contribution in [0.1, 0.15) is 25.3 Å². The number of benzene rings is 1. The monoisotopic (exact) mass is 189 g/mol. The highest BCUT2D eigenvalue weighted by Gasteiger charge is 1.97. The summed E-state index contributed by atoms with van der Waals surface area (Å²) in [6, 6.07) is 5.51. The maximum atomic E-state index is 5.77. The van der Waals surface area contributed by atoms with E-state index in [1.807, 2.05) is 18.2 Å². The van der Waals surface area contributed by atoms with Crippen molar-refractivity contribution < 1.29 is 4.74 Å². The maximum Gasteiger partial charge on any atom is 0.120 e. The van der Waals surface area contributed by atoms with Crippen LogP contribution in [0.2, 0.25) is 0 Å². The average molecular weight is 189 g/mol. The molecule has 0 fully saturated rings. The predicted molar refractivity (Wildman–Crippen MR) is 59.2 cm³/mol. The Morgan fingerprint density at radius 3 is 2.86 bits per heavy atom. The molecule has 0 aromatic heterocycles. The largest absolute Gasteiger partial charge is 0.497 e. The second kappa shape index (κ2) is 5.18. The molecule has 2 heteroatoms. The number of hydrogen-bond acceptors (Lipinski definition) is 2. The number of nitrogen functional groups attached to an aromatic ring is 1. The summed E-state index contributed by atoms with van der Waals surface area (Å²) < 4.78 is 5.09. The molecule has 0 radical (unpaired) electrons. The van der Waals surface area contributed by atoms with E-state index in [1.54, 1.807) is 7.11 Å². The topological polar surface area (TPSA) is 35.2 Å². The van der Waals surface area contributed by atoms with Gasteiger partial charge in [-0.15, -0.1) is 0 Å². The van der Waals surface area contributed by atoms with Gasteiger partial charge in [-0.05, 0) is 24.6 Å². The molecule has 1 rings (SSSR count). The molecule has 2 N–H and O–H groups in total. The molecule has 0 aliphatic rings. The van der Waals surface area contributed by atoms with Crippen LogP contribution in [0.25, 0.3) is 0 Å². The van der Waals surface area contributed by atoms with Gasteiger partial charge in [0, 0.05) is 12.1 Å². The molecule has 0 heterocycles. The number of hydrogen-bond donors (Lipinski definition) is 1. The van der Waals surface area contributed by atoms with Crippen molar-refractivity contribution in [1.29, 1.82) is 0 Å². The Bertz CT molecular complexity index is 360. The Morgan fingerprint density at radius 1 is 1.43 bits per heavy atom. The molecule has 0 saturated heterocycles. The van der Waals surface area contributed by atoms with Gasteiger partial charge in [-0.2, -0.15) is 0 Å². The van der Waals surface area contributed by atoms with Gasteiger partial charge in [0.1, 0.15) is 5.75 Å². The maximum absolute atomic E-state index is 5.77. The molecule has 74 valence electrons. The zero-order chi connectivity index (χ0) is 10.4. The number of ether oxygens (including phenoxy) is 1. The van der Waals surface area contributed by atoms with Crippen molar-refractivity contribution in [3.05, 3.63) is 23.8 Å². The Morgan fingerprint density at radius 2 is 2.21 bits per heavy atom. The first kappa shape index (κ1) is 10.5. The van der Waals surface area contributed by atoms with E-state index in [9.17, 15) is 0 Å². The van der Waals surface area contributed by atoms with Gasteiger partial charge < -0.3 is 10.5 Å². The Labute approximate surface area is 85.1 Å². The lowest BCUT2D eigenvalue weighted by Crippen LogP contribution is -1.91. The van der Waals surface area contributed by atoms with Crippen molar-refractivity contribution in [1.82, 2.24) is 0 Å². The van der Waals surface area contributed by atoms with Crippen molar-refractivity contribution in [2.75, 3.05) is 12.8 Å². The Hall–Kier alpha value is -1.62. The highest BCUT2D eigenvalue weighted by atomic mass is 16.5. The van der Waals surface area contributed by atoms with Gasteiger partial charge in [-0.25, -0.2) is 0 Å². The lowest BCUT2D eigenvalue weighted by atomic mass is 10.1. The highest BCUT2D eigenvalue weighted by Crippen LogP contribution is 2.18. The fourth-order valence-electron chi connectivity index (χ4n) is 1.05. The van der Waals surface area contributed by atoms with E-state index in [2.05, 4.69) is 18.8 Å². The summed E-state index contributed by atoms with van der Waals surface area (Å²) in [5, 5.41) is 0. The van der Waals surface area contributed by atoms with Crippen LogP contribution in [0.4, 0.5) is 5.69 Å². The summed E-state index contributed by atoms with van der Waals surface area (Å²) in [6.45, 7) is 2.10. The smallest absolute Gasteiger partial charge is 0.120 e. The van der Waals surface area contributed by atoms with Crippen LogP contribution < -0.4 is 10.5 Å². The first-order valence-electron chi connectivity index (χ1n) is 4.70. The van der Waals surface area contributed by atoms with E-state index >= 15 is 0 Å². The molecule has 0 aliphatic heterocycles. The summed E-state index contributed by atoms with van der Waals surface area (Å²) in [7, 11) is 1.63. The third-order valence-corrected chi connectivity index (χ3v) is 1.86. The van der Waals surface area contributed by atoms with Crippen LogP contribution in [-0.4, -0.2) is 7.11 Å². The van der Waals surface area contributed by atoms with Crippen LogP contribution >= 0.6 is 0 Å². The average Bonchev–Trinajstić information content (AvgIpc) is 2.21. The van der Waals surface area contributed by atoms with Crippen LogP contribution in [0.5, 0.6) is 5.75 Å². The molecule has 0 aliphatic carbocycles. The van der Waals surface area contributed by atoms with Crippen molar-refractivity contribution in [2.45, 2.75) is 19.8 Å². The van der Waals surface area contributed by atoms with Crippen molar-refractivity contribution in [3.63, 3.8) is 0 Å². The summed E-state index contributed by atoms with van der Waals surface area (Å²) in [6.07, 6.45) is 1.97. The van der Waals surface area contributed by atoms with E-state index in [0.29, 0.717) is 5.69 Å². The zero-order valence-electron chi connectivity index (χ0n) is 8.63. The molecule has 0 spiro atoms. The quantitative estimate of drug-likeness (QED) is 0.573. The SMILES string of the molecule is CCCC#Cc1cc(OC)ccc1N. The van der Waals surface area contributed by atoms with E-state index in [0.717, 1.165) is 24.2 Å². The van der Waals surface area contributed by atoms with E-state index < -0.39 is 0 Å². The normalized spacial score (nSPS) is 9.00. The van der Waals surface area contributed by atoms with E-state index in [-0.39, 0.29) is 0 Å². The zero-order valence-corrected chi connectivity index (χ0v) is 8.63. The second-order valence-electron chi connectivity index (χ2n) is 3.00. The molecule has 0 atom stereocenters. The minimum atomic E-state index is 0.703. The highest BCUT2D eigenvalue weighted by molar-refractivity contribution is 5.58. The first-order chi connectivity index (χ1) is 6.77. The number of unbranched alkanes of at least 4 members (excludes halogenated alkanes) is 1. The second-order valence-corrected chi connectivity index (χ2v) is 3.00. The van der Waals surface area contributed by atoms with Crippen molar-refractivity contribution in [2.24, 2.45) is 0 Å². The Balaban J connectivity index is 2.91. The number of rotatable bonds is 2. The molecule has 0 bridgehead atoms. The lowest BCUT2D eigenvalue weighted by molar-refractivity contribution is 0.415. The minimum Gasteiger partial charge on any atom is -0.497 e. The third-order valence-electron chi connectivity index (χ3n) is 1.86. The molecule has 14 heavy (non-hydrogen) atoms. The fraction of sp³-hybridized carbons (Fsp3) is 0.333. The summed E-state index contributed by atoms with van der Waals surface area (Å²) in [5.74, 6) is 6.88. The van der Waals surface area contributed by atoms with Gasteiger partial charge in [0.25, 0.3) is 0 Å². The van der Waals surface area contributed by atoms with Gasteiger partial charge in [0.05, 0.1) is 12.7 Å². The van der Waals surface area contributed by atoms with Crippen LogP contribution in [0, 0.1) is 11.8 Å². The van der Waals surface area contributed by atoms with Gasteiger partial charge in [-0.1, -0.05) is 18.8 Å². The van der Waals surface area contributed by atoms with Gasteiger partial charge in [0.2, 0.25) is 0 Å². The van der Waals surface area contributed by atoms with Crippen LogP contribution in [0.15, 0.2) is 18.2 Å². The fourth-order valence-corrected chi connectivity index (χ4v) is 1.05. The number of methoxy groups -OCH3 is 1. The summed E-state index contributed by atoms with van der Waals surface area (Å²) >= 11 is 0. The molecular weight excluding hydrogens is 174 g/mol. The van der Waals surface area contributed by atoms with Crippen molar-refractivity contribution in [3.8, 4) is 17.6 Å². The molecule has 0 unspecified atom stereocenters. The van der Waals surface area contributed by atoms with Gasteiger partial charge in [0.15, 0.2) is 0 Å². The minimum absolute atomic E-state index is 0.703. The predicted octanol–water partition coefficient (Wildman–Crippen LogP) is 2.43. The third kappa shape index (κ3) is 2.70. The summed E-state index contributed by atoms with van der Waals surface area (Å²) in [4.78, 5) is 0. The molecule has 0 amide bonds. The lowest BCUT2D eigenvalue weighted by Gasteiger charge is -2.02. The number of nitrogens with two attached hydrogens (primary N) is 1. The molecular formula is C12H15NO. The molecule has 1 aromatic carbocycles. The van der Waals surface area contributed by atoms with E-state index in [4.69, 9.17) is 10.5 Å². The van der Waals surface area contributed by atoms with Crippen molar-refractivity contribution >= 4 is 5.69 Å². The van der Waals surface area contributed by atoms with Crippen LogP contribution in [-0.2, 0) is 0 Å². The first-order valence-corrected chi connectivity index (χ1v) is 4.70. The van der Waals surface area contributed by atoms with Crippen LogP contribution in [0.3, 0.4) is 0 Å². The molecule has 2 nitrogen and oxygen atoms in total. The van der Waals surface area contributed by atoms with Gasteiger partial charge >= 0.3 is 0 Å².